The van der Waals surface area contributed by atoms with E-state index in [0.29, 0.717) is 19.3 Å². The summed E-state index contributed by atoms with van der Waals surface area (Å²) >= 11 is 0. The molecule has 4 unspecified atom stereocenters. The number of carbonyl (C=O) groups is 3. The number of esters is 1. The normalized spacial score (nSPS) is 34.7. The molecule has 0 aromatic carbocycles. The van der Waals surface area contributed by atoms with Crippen LogP contribution in [-0.4, -0.2) is 47.1 Å². The Morgan fingerprint density at radius 3 is 2.52 bits per heavy atom. The van der Waals surface area contributed by atoms with Crippen molar-refractivity contribution in [1.82, 2.24) is 0 Å². The Balaban J connectivity index is 2.02. The van der Waals surface area contributed by atoms with Crippen LogP contribution in [-0.2, 0) is 23.9 Å². The van der Waals surface area contributed by atoms with Gasteiger partial charge in [0.05, 0.1) is 18.3 Å². The second-order valence-electron chi connectivity index (χ2n) is 7.99. The third kappa shape index (κ3) is 6.19. The molecule has 0 spiro atoms. The van der Waals surface area contributed by atoms with Crippen LogP contribution in [0.2, 0.25) is 0 Å². The van der Waals surface area contributed by atoms with Gasteiger partial charge in [-0.2, -0.15) is 0 Å². The molecule has 0 radical (unpaired) electrons. The van der Waals surface area contributed by atoms with Crippen LogP contribution in [0.3, 0.4) is 0 Å². The summed E-state index contributed by atoms with van der Waals surface area (Å²) in [6.07, 6.45) is 2.79. The minimum Gasteiger partial charge on any atom is -0.454 e. The number of Topliss-reactive ketones (excluding diaryl/α,β-unsaturated/α-hetero) is 2. The third-order valence-electron chi connectivity index (χ3n) is 5.27. The molecule has 0 aromatic rings. The number of epoxide rings is 1. The molecule has 2 saturated heterocycles. The largest absolute Gasteiger partial charge is 0.454 e. The van der Waals surface area contributed by atoms with E-state index in [9.17, 15) is 19.5 Å². The fraction of sp³-hybridized carbons (Fsp3) is 0.842. The lowest BCUT2D eigenvalue weighted by Gasteiger charge is -2.24. The van der Waals surface area contributed by atoms with E-state index in [1.54, 1.807) is 13.8 Å². The maximum atomic E-state index is 12.4. The smallest absolute Gasteiger partial charge is 0.306 e. The first-order valence-corrected chi connectivity index (χ1v) is 9.26. The summed E-state index contributed by atoms with van der Waals surface area (Å²) in [6, 6.07) is 0. The number of ether oxygens (including phenoxy) is 2. The van der Waals surface area contributed by atoms with E-state index in [1.807, 2.05) is 0 Å². The van der Waals surface area contributed by atoms with Crippen molar-refractivity contribution >= 4 is 17.5 Å². The van der Waals surface area contributed by atoms with E-state index in [-0.39, 0.29) is 36.6 Å². The summed E-state index contributed by atoms with van der Waals surface area (Å²) in [4.78, 5) is 36.2. The van der Waals surface area contributed by atoms with Crippen molar-refractivity contribution < 1.29 is 29.0 Å². The molecule has 142 valence electrons. The molecule has 0 aliphatic carbocycles. The van der Waals surface area contributed by atoms with E-state index in [1.165, 1.54) is 6.92 Å². The average molecular weight is 354 g/mol. The zero-order chi connectivity index (χ0) is 18.6. The van der Waals surface area contributed by atoms with Gasteiger partial charge in [0.25, 0.3) is 0 Å². The van der Waals surface area contributed by atoms with Crippen LogP contribution in [0, 0.1) is 5.41 Å². The molecule has 25 heavy (non-hydrogen) atoms. The quantitative estimate of drug-likeness (QED) is 0.574. The van der Waals surface area contributed by atoms with Crippen LogP contribution in [0.5, 0.6) is 0 Å². The zero-order valence-corrected chi connectivity index (χ0v) is 15.5. The number of rotatable bonds is 1. The maximum absolute atomic E-state index is 12.4. The molecule has 0 amide bonds. The molecule has 0 bridgehead atoms. The van der Waals surface area contributed by atoms with Crippen LogP contribution in [0.4, 0.5) is 0 Å². The number of cyclic esters (lactones) is 1. The second-order valence-corrected chi connectivity index (χ2v) is 7.99. The van der Waals surface area contributed by atoms with E-state index in [2.05, 4.69) is 0 Å². The molecule has 6 heteroatoms. The molecule has 6 nitrogen and oxygen atoms in total. The molecule has 2 aliphatic rings. The maximum Gasteiger partial charge on any atom is 0.306 e. The Morgan fingerprint density at radius 1 is 1.16 bits per heavy atom. The lowest BCUT2D eigenvalue weighted by Crippen LogP contribution is -2.31. The van der Waals surface area contributed by atoms with Crippen molar-refractivity contribution in [3.8, 4) is 0 Å². The summed E-state index contributed by atoms with van der Waals surface area (Å²) in [5, 5.41) is 10.1. The highest BCUT2D eigenvalue weighted by Crippen LogP contribution is 2.33. The van der Waals surface area contributed by atoms with Gasteiger partial charge in [-0.1, -0.05) is 26.7 Å². The monoisotopic (exact) mass is 354 g/mol. The highest BCUT2D eigenvalue weighted by atomic mass is 16.6. The van der Waals surface area contributed by atoms with Crippen molar-refractivity contribution in [1.29, 1.82) is 0 Å². The van der Waals surface area contributed by atoms with E-state index >= 15 is 0 Å². The van der Waals surface area contributed by atoms with Gasteiger partial charge in [0.2, 0.25) is 0 Å². The van der Waals surface area contributed by atoms with Crippen LogP contribution in [0.15, 0.2) is 0 Å². The van der Waals surface area contributed by atoms with Crippen LogP contribution < -0.4 is 0 Å². The van der Waals surface area contributed by atoms with Crippen LogP contribution in [0.1, 0.15) is 72.1 Å². The van der Waals surface area contributed by atoms with Gasteiger partial charge in [-0.05, 0) is 26.2 Å². The van der Waals surface area contributed by atoms with Crippen molar-refractivity contribution in [3.63, 3.8) is 0 Å². The Labute approximate surface area is 149 Å². The van der Waals surface area contributed by atoms with E-state index < -0.39 is 23.6 Å². The van der Waals surface area contributed by atoms with Gasteiger partial charge >= 0.3 is 5.97 Å². The SMILES string of the molecule is CC(=O)C1CC2OC2CCCCC(O)CC(=O)C(C)(C)CCC(=O)O1. The first-order chi connectivity index (χ1) is 11.7. The topological polar surface area (TPSA) is 93.2 Å². The fourth-order valence-corrected chi connectivity index (χ4v) is 3.24. The number of ketones is 2. The van der Waals surface area contributed by atoms with Crippen molar-refractivity contribution in [2.75, 3.05) is 0 Å². The predicted octanol–water partition coefficient (Wildman–Crippen LogP) is 2.35. The molecule has 4 atom stereocenters. The minimum absolute atomic E-state index is 0.0300. The van der Waals surface area contributed by atoms with Gasteiger partial charge in [0.1, 0.15) is 5.78 Å². The van der Waals surface area contributed by atoms with Gasteiger partial charge < -0.3 is 14.6 Å². The molecule has 0 aromatic heterocycles. The summed E-state index contributed by atoms with van der Waals surface area (Å²) in [5.74, 6) is -0.693. The predicted molar refractivity (Wildman–Crippen MR) is 91.0 cm³/mol. The first-order valence-electron chi connectivity index (χ1n) is 9.26. The Morgan fingerprint density at radius 2 is 1.84 bits per heavy atom. The first kappa shape index (κ1) is 20.0. The number of aliphatic hydroxyl groups excluding tert-OH is 1. The second kappa shape index (κ2) is 8.41. The zero-order valence-electron chi connectivity index (χ0n) is 15.5. The van der Waals surface area contributed by atoms with Crippen molar-refractivity contribution in [2.24, 2.45) is 5.41 Å². The lowest BCUT2D eigenvalue weighted by atomic mass is 9.80. The summed E-state index contributed by atoms with van der Waals surface area (Å²) in [7, 11) is 0. The molecule has 2 aliphatic heterocycles. The average Bonchev–Trinajstić information content (AvgIpc) is 3.26. The number of aliphatic hydroxyl groups is 1. The van der Waals surface area contributed by atoms with Gasteiger partial charge in [-0.3, -0.25) is 14.4 Å². The molecule has 0 saturated carbocycles. The number of fused-ring (bicyclic) bond motifs is 1. The fourth-order valence-electron chi connectivity index (χ4n) is 3.24. The summed E-state index contributed by atoms with van der Waals surface area (Å²) in [6.45, 7) is 4.98. The van der Waals surface area contributed by atoms with Gasteiger partial charge in [-0.15, -0.1) is 0 Å². The molecule has 2 fully saturated rings. The number of hydrogen-bond donors (Lipinski definition) is 1. The van der Waals surface area contributed by atoms with Gasteiger partial charge in [-0.25, -0.2) is 0 Å². The van der Waals surface area contributed by atoms with Crippen molar-refractivity contribution in [3.05, 3.63) is 0 Å². The Hall–Kier alpha value is -1.27. The minimum atomic E-state index is -0.768. The van der Waals surface area contributed by atoms with E-state index in [0.717, 1.165) is 19.3 Å². The number of hydrogen-bond acceptors (Lipinski definition) is 6. The lowest BCUT2D eigenvalue weighted by molar-refractivity contribution is -0.155. The van der Waals surface area contributed by atoms with Crippen molar-refractivity contribution in [2.45, 2.75) is 96.6 Å². The summed E-state index contributed by atoms with van der Waals surface area (Å²) < 4.78 is 10.9. The highest BCUT2D eigenvalue weighted by molar-refractivity contribution is 5.86. The molecule has 2 rings (SSSR count). The van der Waals surface area contributed by atoms with Crippen LogP contribution in [0.25, 0.3) is 0 Å². The highest BCUT2D eigenvalue weighted by Gasteiger charge is 2.41. The number of carbonyl (C=O) groups excluding carboxylic acids is 3. The van der Waals surface area contributed by atoms with Gasteiger partial charge in [0, 0.05) is 24.7 Å². The molecular formula is C19H30O6. The molecular weight excluding hydrogens is 324 g/mol. The Kier molecular flexibility index (Phi) is 6.74. The standard InChI is InChI=1S/C19H30O6/c1-12(20)15-11-16-14(24-16)7-5-4-6-13(21)10-17(22)19(2,3)9-8-18(23)25-15/h13-16,21H,4-11H2,1-3H3. The van der Waals surface area contributed by atoms with Crippen LogP contribution >= 0.6 is 0 Å². The third-order valence-corrected chi connectivity index (χ3v) is 5.27. The molecule has 1 N–H and O–H groups in total. The van der Waals surface area contributed by atoms with Gasteiger partial charge in [0.15, 0.2) is 11.9 Å². The molecule has 2 heterocycles. The summed E-state index contributed by atoms with van der Waals surface area (Å²) in [5.41, 5.74) is -0.701. The Bertz CT molecular complexity index is 512. The van der Waals surface area contributed by atoms with E-state index in [4.69, 9.17) is 9.47 Å².